The molecule has 3 nitrogen and oxygen atoms in total. The standard InChI is InChI=1S/C18H27ClN2O/c1-3-7-16-8-6-9-17(19)18(16)22-15-5-4-10-21-13-11-20(2)12-14-21/h3,6,8-9H,1,4-5,7,10-15H2,2H3/p+2. The van der Waals surface area contributed by atoms with Gasteiger partial charge in [0.05, 0.1) is 25.2 Å². The number of hydrogen-bond acceptors (Lipinski definition) is 1. The van der Waals surface area contributed by atoms with Crippen molar-refractivity contribution in [3.05, 3.63) is 41.4 Å². The lowest BCUT2D eigenvalue weighted by molar-refractivity contribution is -1.00. The summed E-state index contributed by atoms with van der Waals surface area (Å²) >= 11 is 6.25. The third-order valence-electron chi connectivity index (χ3n) is 4.39. The first-order valence-electron chi connectivity index (χ1n) is 8.36. The SMILES string of the molecule is C=CCc1cccc(Cl)c1OCCCC[NH+]1CC[NH+](C)CC1. The normalized spacial score (nSPS) is 21.5. The minimum Gasteiger partial charge on any atom is -0.492 e. The minimum atomic E-state index is 0.701. The van der Waals surface area contributed by atoms with E-state index in [-0.39, 0.29) is 0 Å². The van der Waals surface area contributed by atoms with Crippen molar-refractivity contribution in [2.24, 2.45) is 0 Å². The molecule has 1 aromatic carbocycles. The molecule has 0 aromatic heterocycles. The molecule has 0 radical (unpaired) electrons. The highest BCUT2D eigenvalue weighted by Crippen LogP contribution is 2.29. The minimum absolute atomic E-state index is 0.701. The summed E-state index contributed by atoms with van der Waals surface area (Å²) in [6, 6.07) is 5.91. The van der Waals surface area contributed by atoms with Gasteiger partial charge in [0.15, 0.2) is 0 Å². The van der Waals surface area contributed by atoms with Crippen molar-refractivity contribution in [3.8, 4) is 5.75 Å². The summed E-state index contributed by atoms with van der Waals surface area (Å²) in [5.41, 5.74) is 1.12. The third kappa shape index (κ3) is 5.31. The second-order valence-corrected chi connectivity index (χ2v) is 6.64. The average molecular weight is 325 g/mol. The predicted octanol–water partition coefficient (Wildman–Crippen LogP) is 0.641. The molecule has 0 bridgehead atoms. The zero-order valence-corrected chi connectivity index (χ0v) is 14.4. The molecule has 1 aliphatic heterocycles. The van der Waals surface area contributed by atoms with E-state index in [1.807, 2.05) is 18.2 Å². The van der Waals surface area contributed by atoms with Crippen LogP contribution in [0.25, 0.3) is 0 Å². The van der Waals surface area contributed by atoms with Gasteiger partial charge in [-0.3, -0.25) is 0 Å². The quantitative estimate of drug-likeness (QED) is 0.530. The number of quaternary nitrogens is 2. The van der Waals surface area contributed by atoms with E-state index >= 15 is 0 Å². The number of rotatable bonds is 8. The lowest BCUT2D eigenvalue weighted by Crippen LogP contribution is -3.27. The van der Waals surface area contributed by atoms with Crippen LogP contribution < -0.4 is 14.5 Å². The predicted molar refractivity (Wildman–Crippen MR) is 92.3 cm³/mol. The van der Waals surface area contributed by atoms with E-state index in [0.717, 1.165) is 30.8 Å². The summed E-state index contributed by atoms with van der Waals surface area (Å²) in [5, 5.41) is 0.701. The van der Waals surface area contributed by atoms with Crippen molar-refractivity contribution in [1.29, 1.82) is 0 Å². The summed E-state index contributed by atoms with van der Waals surface area (Å²) in [4.78, 5) is 3.41. The Balaban J connectivity index is 1.69. The lowest BCUT2D eigenvalue weighted by Gasteiger charge is -2.27. The van der Waals surface area contributed by atoms with E-state index < -0.39 is 0 Å². The van der Waals surface area contributed by atoms with Crippen LogP contribution in [-0.4, -0.2) is 46.4 Å². The van der Waals surface area contributed by atoms with Crippen LogP contribution >= 0.6 is 11.6 Å². The van der Waals surface area contributed by atoms with Crippen molar-refractivity contribution in [1.82, 2.24) is 0 Å². The van der Waals surface area contributed by atoms with E-state index in [0.29, 0.717) is 5.02 Å². The highest BCUT2D eigenvalue weighted by atomic mass is 35.5. The Hall–Kier alpha value is -1.03. The number of para-hydroxylation sites is 1. The molecule has 0 saturated carbocycles. The van der Waals surface area contributed by atoms with Gasteiger partial charge in [0.2, 0.25) is 0 Å². The van der Waals surface area contributed by atoms with Crippen LogP contribution in [0, 0.1) is 0 Å². The topological polar surface area (TPSA) is 18.1 Å². The maximum absolute atomic E-state index is 6.25. The van der Waals surface area contributed by atoms with Crippen molar-refractivity contribution in [3.63, 3.8) is 0 Å². The molecule has 0 amide bonds. The van der Waals surface area contributed by atoms with Crippen LogP contribution in [0.1, 0.15) is 18.4 Å². The van der Waals surface area contributed by atoms with Gasteiger partial charge in [-0.25, -0.2) is 0 Å². The molecule has 4 heteroatoms. The van der Waals surface area contributed by atoms with E-state index in [1.54, 1.807) is 9.80 Å². The van der Waals surface area contributed by atoms with Crippen molar-refractivity contribution in [2.75, 3.05) is 46.4 Å². The molecule has 0 atom stereocenters. The van der Waals surface area contributed by atoms with Crippen LogP contribution in [0.4, 0.5) is 0 Å². The molecule has 2 N–H and O–H groups in total. The molecular formula is C18H29ClN2O+2. The fourth-order valence-corrected chi connectivity index (χ4v) is 3.21. The fourth-order valence-electron chi connectivity index (χ4n) is 2.96. The maximum Gasteiger partial charge on any atom is 0.141 e. The van der Waals surface area contributed by atoms with Gasteiger partial charge in [-0.05, 0) is 30.9 Å². The van der Waals surface area contributed by atoms with E-state index in [9.17, 15) is 0 Å². The number of nitrogens with one attached hydrogen (secondary N) is 2. The molecule has 2 rings (SSSR count). The Morgan fingerprint density at radius 3 is 2.73 bits per heavy atom. The van der Waals surface area contributed by atoms with Crippen molar-refractivity contribution < 1.29 is 14.5 Å². The van der Waals surface area contributed by atoms with Gasteiger partial charge in [0, 0.05) is 0 Å². The van der Waals surface area contributed by atoms with Crippen LogP contribution in [0.3, 0.4) is 0 Å². The number of hydrogen-bond donors (Lipinski definition) is 2. The number of allylic oxidation sites excluding steroid dienone is 1. The summed E-state index contributed by atoms with van der Waals surface area (Å²) in [6.45, 7) is 11.0. The summed E-state index contributed by atoms with van der Waals surface area (Å²) in [5.74, 6) is 0.833. The fraction of sp³-hybridized carbons (Fsp3) is 0.556. The first-order chi connectivity index (χ1) is 10.7. The Bertz CT molecular complexity index is 470. The molecule has 0 unspecified atom stereocenters. The van der Waals surface area contributed by atoms with Gasteiger partial charge < -0.3 is 14.5 Å². The molecule has 1 aliphatic rings. The molecule has 1 saturated heterocycles. The monoisotopic (exact) mass is 324 g/mol. The van der Waals surface area contributed by atoms with Gasteiger partial charge in [-0.15, -0.1) is 6.58 Å². The highest BCUT2D eigenvalue weighted by molar-refractivity contribution is 6.32. The second-order valence-electron chi connectivity index (χ2n) is 6.23. The molecule has 0 spiro atoms. The number of ether oxygens (including phenoxy) is 1. The first kappa shape index (κ1) is 17.3. The second kappa shape index (κ2) is 9.19. The molecule has 22 heavy (non-hydrogen) atoms. The zero-order valence-electron chi connectivity index (χ0n) is 13.7. The molecular weight excluding hydrogens is 296 g/mol. The highest BCUT2D eigenvalue weighted by Gasteiger charge is 2.18. The molecule has 1 aromatic rings. The smallest absolute Gasteiger partial charge is 0.141 e. The van der Waals surface area contributed by atoms with Gasteiger partial charge in [0.25, 0.3) is 0 Å². The van der Waals surface area contributed by atoms with Gasteiger partial charge >= 0.3 is 0 Å². The number of likely N-dealkylation sites (N-methyl/N-ethyl adjacent to an activating group) is 1. The van der Waals surface area contributed by atoms with Crippen LogP contribution in [0.5, 0.6) is 5.75 Å². The maximum atomic E-state index is 6.25. The average Bonchev–Trinajstić information content (AvgIpc) is 2.51. The number of halogens is 1. The number of benzene rings is 1. The van der Waals surface area contributed by atoms with Gasteiger partial charge in [-0.2, -0.15) is 0 Å². The Morgan fingerprint density at radius 1 is 1.23 bits per heavy atom. The largest absolute Gasteiger partial charge is 0.492 e. The number of unbranched alkanes of at least 4 members (excludes halogenated alkanes) is 1. The Labute approximate surface area is 139 Å². The van der Waals surface area contributed by atoms with Crippen molar-refractivity contribution >= 4 is 11.6 Å². The van der Waals surface area contributed by atoms with Crippen molar-refractivity contribution in [2.45, 2.75) is 19.3 Å². The van der Waals surface area contributed by atoms with Gasteiger partial charge in [-0.1, -0.05) is 29.8 Å². The van der Waals surface area contributed by atoms with Crippen LogP contribution in [0.15, 0.2) is 30.9 Å². The third-order valence-corrected chi connectivity index (χ3v) is 4.69. The zero-order chi connectivity index (χ0) is 15.8. The van der Waals surface area contributed by atoms with Crippen LogP contribution in [0.2, 0.25) is 5.02 Å². The van der Waals surface area contributed by atoms with Crippen LogP contribution in [-0.2, 0) is 6.42 Å². The Kier molecular flexibility index (Phi) is 7.23. The summed E-state index contributed by atoms with van der Waals surface area (Å²) in [7, 11) is 2.29. The molecule has 122 valence electrons. The molecule has 1 heterocycles. The lowest BCUT2D eigenvalue weighted by atomic mass is 10.1. The molecule has 1 fully saturated rings. The van der Waals surface area contributed by atoms with E-state index in [1.165, 1.54) is 39.1 Å². The Morgan fingerprint density at radius 2 is 2.00 bits per heavy atom. The summed E-state index contributed by atoms with van der Waals surface area (Å²) < 4.78 is 5.93. The summed E-state index contributed by atoms with van der Waals surface area (Å²) in [6.07, 6.45) is 4.99. The van der Waals surface area contributed by atoms with E-state index in [4.69, 9.17) is 16.3 Å². The number of piperazine rings is 1. The molecule has 0 aliphatic carbocycles. The first-order valence-corrected chi connectivity index (χ1v) is 8.74. The van der Waals surface area contributed by atoms with E-state index in [2.05, 4.69) is 19.7 Å². The van der Waals surface area contributed by atoms with Gasteiger partial charge in [0.1, 0.15) is 31.9 Å².